The molecule has 0 spiro atoms. The zero-order valence-electron chi connectivity index (χ0n) is 13.9. The number of piperidine rings is 1. The third-order valence-corrected chi connectivity index (χ3v) is 4.40. The predicted molar refractivity (Wildman–Crippen MR) is 87.6 cm³/mol. The summed E-state index contributed by atoms with van der Waals surface area (Å²) >= 11 is 0. The number of carbonyl (C=O) groups is 1. The van der Waals surface area contributed by atoms with Crippen molar-refractivity contribution in [3.63, 3.8) is 0 Å². The van der Waals surface area contributed by atoms with Gasteiger partial charge in [0.1, 0.15) is 5.69 Å². The summed E-state index contributed by atoms with van der Waals surface area (Å²) in [5.74, 6) is 0.484. The summed E-state index contributed by atoms with van der Waals surface area (Å²) in [5.41, 5.74) is 2.80. The van der Waals surface area contributed by atoms with E-state index in [4.69, 9.17) is 0 Å². The number of hydrogen-bond donors (Lipinski definition) is 0. The van der Waals surface area contributed by atoms with Gasteiger partial charge in [0.25, 0.3) is 0 Å². The van der Waals surface area contributed by atoms with Crippen molar-refractivity contribution in [1.82, 2.24) is 24.4 Å². The van der Waals surface area contributed by atoms with Gasteiger partial charge >= 0.3 is 0 Å². The molecule has 0 aromatic carbocycles. The minimum Gasteiger partial charge on any atom is -0.342 e. The van der Waals surface area contributed by atoms with Crippen molar-refractivity contribution in [1.29, 1.82) is 0 Å². The number of amides is 1. The van der Waals surface area contributed by atoms with Crippen LogP contribution in [-0.2, 0) is 11.8 Å². The maximum atomic E-state index is 12.3. The molecule has 0 saturated carbocycles. The minimum absolute atomic E-state index is 0.0344. The molecule has 0 bridgehead atoms. The topological polar surface area (TPSA) is 63.9 Å². The van der Waals surface area contributed by atoms with Crippen molar-refractivity contribution < 1.29 is 4.79 Å². The van der Waals surface area contributed by atoms with E-state index in [1.807, 2.05) is 36.6 Å². The Bertz CT molecular complexity index is 694. The molecule has 1 atom stereocenters. The Balaban J connectivity index is 1.90. The average Bonchev–Trinajstić information content (AvgIpc) is 3.00. The SMILES string of the molecule is CC(C)C(=O)N1CCC[C@H](c2nccnc2-c2cncn2C)C1. The van der Waals surface area contributed by atoms with Gasteiger partial charge in [-0.25, -0.2) is 4.98 Å². The molecule has 2 aromatic rings. The first-order chi connectivity index (χ1) is 11.1. The van der Waals surface area contributed by atoms with E-state index < -0.39 is 0 Å². The van der Waals surface area contributed by atoms with Crippen LogP contribution >= 0.6 is 0 Å². The van der Waals surface area contributed by atoms with Crippen LogP contribution in [0.3, 0.4) is 0 Å². The standard InChI is InChI=1S/C17H23N5O/c1-12(2)17(23)22-8-4-5-13(10-22)15-16(20-7-6-19-15)14-9-18-11-21(14)3/h6-7,9,11-13H,4-5,8,10H2,1-3H3/t13-/m0/s1. The second-order valence-electron chi connectivity index (χ2n) is 6.46. The minimum atomic E-state index is 0.0344. The smallest absolute Gasteiger partial charge is 0.225 e. The fraction of sp³-hybridized carbons (Fsp3) is 0.529. The van der Waals surface area contributed by atoms with Gasteiger partial charge in [0.05, 0.1) is 23.9 Å². The Morgan fingerprint density at radius 1 is 1.30 bits per heavy atom. The fourth-order valence-corrected chi connectivity index (χ4v) is 3.20. The molecule has 23 heavy (non-hydrogen) atoms. The Morgan fingerprint density at radius 3 is 2.78 bits per heavy atom. The lowest BCUT2D eigenvalue weighted by atomic mass is 9.92. The molecule has 1 saturated heterocycles. The molecule has 0 radical (unpaired) electrons. The molecule has 3 heterocycles. The third kappa shape index (κ3) is 3.11. The van der Waals surface area contributed by atoms with Gasteiger partial charge in [0.15, 0.2) is 0 Å². The van der Waals surface area contributed by atoms with E-state index in [1.54, 1.807) is 18.7 Å². The van der Waals surface area contributed by atoms with Gasteiger partial charge < -0.3 is 9.47 Å². The molecule has 122 valence electrons. The number of aryl methyl sites for hydroxylation is 1. The van der Waals surface area contributed by atoms with Crippen LogP contribution in [-0.4, -0.2) is 43.4 Å². The number of carbonyl (C=O) groups excluding carboxylic acids is 1. The number of rotatable bonds is 3. The van der Waals surface area contributed by atoms with Crippen LogP contribution in [0, 0.1) is 5.92 Å². The van der Waals surface area contributed by atoms with Crippen molar-refractivity contribution >= 4 is 5.91 Å². The van der Waals surface area contributed by atoms with Crippen molar-refractivity contribution in [3.8, 4) is 11.4 Å². The third-order valence-electron chi connectivity index (χ3n) is 4.40. The van der Waals surface area contributed by atoms with Crippen molar-refractivity contribution in [2.75, 3.05) is 13.1 Å². The van der Waals surface area contributed by atoms with Crippen molar-refractivity contribution in [2.24, 2.45) is 13.0 Å². The van der Waals surface area contributed by atoms with Crippen LogP contribution in [0.1, 0.15) is 38.3 Å². The maximum absolute atomic E-state index is 12.3. The second kappa shape index (κ2) is 6.48. The summed E-state index contributed by atoms with van der Waals surface area (Å²) < 4.78 is 1.95. The normalized spacial score (nSPS) is 18.4. The second-order valence-corrected chi connectivity index (χ2v) is 6.46. The van der Waals surface area contributed by atoms with E-state index in [0.29, 0.717) is 0 Å². The zero-order chi connectivity index (χ0) is 16.4. The van der Waals surface area contributed by atoms with Gasteiger partial charge in [-0.05, 0) is 12.8 Å². The molecular weight excluding hydrogens is 290 g/mol. The van der Waals surface area contributed by atoms with Gasteiger partial charge in [-0.1, -0.05) is 13.8 Å². The highest BCUT2D eigenvalue weighted by molar-refractivity contribution is 5.78. The first kappa shape index (κ1) is 15.6. The number of aromatic nitrogens is 4. The molecule has 1 aliphatic rings. The molecule has 0 N–H and O–H groups in total. The predicted octanol–water partition coefficient (Wildman–Crippen LogP) is 2.24. The van der Waals surface area contributed by atoms with E-state index in [9.17, 15) is 4.79 Å². The average molecular weight is 313 g/mol. The maximum Gasteiger partial charge on any atom is 0.225 e. The van der Waals surface area contributed by atoms with Crippen molar-refractivity contribution in [3.05, 3.63) is 30.6 Å². The monoisotopic (exact) mass is 313 g/mol. The molecule has 6 nitrogen and oxygen atoms in total. The van der Waals surface area contributed by atoms with Crippen LogP contribution in [0.15, 0.2) is 24.9 Å². The summed E-state index contributed by atoms with van der Waals surface area (Å²) in [4.78, 5) is 27.6. The van der Waals surface area contributed by atoms with E-state index in [2.05, 4.69) is 15.0 Å². The summed E-state index contributed by atoms with van der Waals surface area (Å²) in [6.07, 6.45) is 9.07. The summed E-state index contributed by atoms with van der Waals surface area (Å²) in [6.45, 7) is 5.47. The van der Waals surface area contributed by atoms with Gasteiger partial charge in [-0.3, -0.25) is 14.8 Å². The number of nitrogens with zero attached hydrogens (tertiary/aromatic N) is 5. The molecule has 6 heteroatoms. The quantitative estimate of drug-likeness (QED) is 0.872. The molecule has 1 amide bonds. The van der Waals surface area contributed by atoms with Crippen LogP contribution in [0.4, 0.5) is 0 Å². The van der Waals surface area contributed by atoms with E-state index in [0.717, 1.165) is 43.0 Å². The first-order valence-corrected chi connectivity index (χ1v) is 8.14. The van der Waals surface area contributed by atoms with Gasteiger partial charge in [0, 0.05) is 44.4 Å². The molecule has 1 fully saturated rings. The lowest BCUT2D eigenvalue weighted by Gasteiger charge is -2.34. The Kier molecular flexibility index (Phi) is 4.41. The number of hydrogen-bond acceptors (Lipinski definition) is 4. The van der Waals surface area contributed by atoms with Crippen molar-refractivity contribution in [2.45, 2.75) is 32.6 Å². The summed E-state index contributed by atoms with van der Waals surface area (Å²) in [6, 6.07) is 0. The lowest BCUT2D eigenvalue weighted by Crippen LogP contribution is -2.41. The Morgan fingerprint density at radius 2 is 2.09 bits per heavy atom. The van der Waals surface area contributed by atoms with E-state index >= 15 is 0 Å². The summed E-state index contributed by atoms with van der Waals surface area (Å²) in [7, 11) is 1.95. The zero-order valence-corrected chi connectivity index (χ0v) is 13.9. The fourth-order valence-electron chi connectivity index (χ4n) is 3.20. The van der Waals surface area contributed by atoms with Crippen LogP contribution in [0.2, 0.25) is 0 Å². The number of likely N-dealkylation sites (tertiary alicyclic amines) is 1. The largest absolute Gasteiger partial charge is 0.342 e. The van der Waals surface area contributed by atoms with Crippen LogP contribution in [0.5, 0.6) is 0 Å². The highest BCUT2D eigenvalue weighted by atomic mass is 16.2. The number of imidazole rings is 1. The highest BCUT2D eigenvalue weighted by Crippen LogP contribution is 2.31. The van der Waals surface area contributed by atoms with E-state index in [1.165, 1.54) is 0 Å². The molecule has 2 aromatic heterocycles. The first-order valence-electron chi connectivity index (χ1n) is 8.14. The molecule has 1 aliphatic heterocycles. The Labute approximate surface area is 136 Å². The highest BCUT2D eigenvalue weighted by Gasteiger charge is 2.29. The lowest BCUT2D eigenvalue weighted by molar-refractivity contribution is -0.135. The molecule has 3 rings (SSSR count). The van der Waals surface area contributed by atoms with Gasteiger partial charge in [0.2, 0.25) is 5.91 Å². The van der Waals surface area contributed by atoms with Crippen LogP contribution in [0.25, 0.3) is 11.4 Å². The van der Waals surface area contributed by atoms with Gasteiger partial charge in [-0.15, -0.1) is 0 Å². The summed E-state index contributed by atoms with van der Waals surface area (Å²) in [5, 5.41) is 0. The van der Waals surface area contributed by atoms with Crippen LogP contribution < -0.4 is 0 Å². The molecular formula is C17H23N5O. The Hall–Kier alpha value is -2.24. The van der Waals surface area contributed by atoms with E-state index in [-0.39, 0.29) is 17.7 Å². The molecule has 0 aliphatic carbocycles. The van der Waals surface area contributed by atoms with Gasteiger partial charge in [-0.2, -0.15) is 0 Å². The molecule has 0 unspecified atom stereocenters.